The van der Waals surface area contributed by atoms with Gasteiger partial charge in [0.1, 0.15) is 23.6 Å². The lowest BCUT2D eigenvalue weighted by Gasteiger charge is -2.63. The first kappa shape index (κ1) is 40.7. The van der Waals surface area contributed by atoms with Crippen LogP contribution < -0.4 is 5.32 Å². The van der Waals surface area contributed by atoms with E-state index in [1.807, 2.05) is 13.8 Å². The van der Waals surface area contributed by atoms with Crippen molar-refractivity contribution in [3.05, 3.63) is 77.5 Å². The molecule has 0 spiro atoms. The second kappa shape index (κ2) is 15.2. The van der Waals surface area contributed by atoms with Gasteiger partial charge < -0.3 is 25.0 Å². The monoisotopic (exact) mass is 771 g/mol. The molecule has 1 saturated heterocycles. The van der Waals surface area contributed by atoms with Crippen LogP contribution in [0.15, 0.2) is 66.4 Å². The standard InChI is InChI=1S/C22H29FO4.C19H20F3N3O3/c1-12-9-17-15-6-8-21(27,13(2)24)20(15,4)11-18(26)22(17,23)19(3)7-5-14(25)10-16(12)19;20-19(21,22)14-3-1-4-15(13-14)24-17-16(5-2-6-23-17)18(26)28-12-9-25-7-10-27-11-8-25/h5,7,10,12,15,17-18,26-27H,6,8-9,11H2,1-4H3;1-6,13H,7-12H2,(H,23,24)/t12-,15-,17-,18-,19-,20-,21-,22-;/m0./s1. The molecule has 2 aromatic rings. The highest BCUT2D eigenvalue weighted by atomic mass is 19.4. The van der Waals surface area contributed by atoms with Crippen LogP contribution in [0.2, 0.25) is 0 Å². The zero-order valence-corrected chi connectivity index (χ0v) is 31.5. The van der Waals surface area contributed by atoms with E-state index in [0.29, 0.717) is 39.0 Å². The van der Waals surface area contributed by atoms with E-state index in [-0.39, 0.29) is 53.5 Å². The Hall–Kier alpha value is -3.98. The van der Waals surface area contributed by atoms with Crippen LogP contribution in [0.3, 0.4) is 0 Å². The number of nitrogens with zero attached hydrogens (tertiary/aromatic N) is 2. The fraction of sp³-hybridized carbons (Fsp3) is 0.561. The number of halogens is 4. The van der Waals surface area contributed by atoms with Crippen molar-refractivity contribution in [3.8, 4) is 0 Å². The summed E-state index contributed by atoms with van der Waals surface area (Å²) in [6.45, 7) is 10.7. The minimum atomic E-state index is -4.46. The van der Waals surface area contributed by atoms with E-state index in [1.54, 1.807) is 19.1 Å². The Balaban J connectivity index is 0.000000187. The van der Waals surface area contributed by atoms with Crippen molar-refractivity contribution in [3.63, 3.8) is 0 Å². The highest BCUT2D eigenvalue weighted by Crippen LogP contribution is 2.70. The molecule has 1 aliphatic heterocycles. The number of aliphatic hydroxyl groups is 2. The third kappa shape index (κ3) is 7.26. The maximum atomic E-state index is 16.9. The van der Waals surface area contributed by atoms with Crippen molar-refractivity contribution in [1.29, 1.82) is 0 Å². The van der Waals surface area contributed by atoms with E-state index in [0.717, 1.165) is 30.8 Å². The Bertz CT molecular complexity index is 1860. The van der Waals surface area contributed by atoms with Crippen molar-refractivity contribution < 1.29 is 51.6 Å². The van der Waals surface area contributed by atoms with Crippen molar-refractivity contribution in [2.24, 2.45) is 28.6 Å². The third-order valence-electron chi connectivity index (χ3n) is 12.9. The molecular formula is C41H49F4N3O7. The molecule has 1 aromatic heterocycles. The molecule has 0 bridgehead atoms. The average Bonchev–Trinajstić information content (AvgIpc) is 3.41. The highest BCUT2D eigenvalue weighted by Gasteiger charge is 2.74. The van der Waals surface area contributed by atoms with Gasteiger partial charge in [-0.1, -0.05) is 31.6 Å². The molecule has 5 aliphatic rings. The number of nitrogens with one attached hydrogen (secondary N) is 1. The van der Waals surface area contributed by atoms with Gasteiger partial charge in [0, 0.05) is 48.3 Å². The number of carbonyl (C=O) groups excluding carboxylic acids is 3. The first-order valence-electron chi connectivity index (χ1n) is 18.8. The van der Waals surface area contributed by atoms with Gasteiger partial charge in [0.05, 0.1) is 24.9 Å². The van der Waals surface area contributed by atoms with Crippen LogP contribution in [0.5, 0.6) is 0 Å². The number of aliphatic hydroxyl groups excluding tert-OH is 1. The number of esters is 1. The highest BCUT2D eigenvalue weighted by molar-refractivity contribution is 6.01. The number of Topliss-reactive ketones (excluding diaryl/α,β-unsaturated/α-hetero) is 1. The molecule has 2 heterocycles. The normalized spacial score (nSPS) is 34.3. The molecular weight excluding hydrogens is 722 g/mol. The zero-order valence-electron chi connectivity index (χ0n) is 31.5. The first-order chi connectivity index (χ1) is 25.8. The predicted octanol–water partition coefficient (Wildman–Crippen LogP) is 6.26. The van der Waals surface area contributed by atoms with Gasteiger partial charge in [-0.05, 0) is 93.9 Å². The Morgan fingerprint density at radius 1 is 1.13 bits per heavy atom. The third-order valence-corrected chi connectivity index (χ3v) is 12.9. The smallest absolute Gasteiger partial charge is 0.416 e. The molecule has 14 heteroatoms. The summed E-state index contributed by atoms with van der Waals surface area (Å²) in [7, 11) is 0. The lowest BCUT2D eigenvalue weighted by molar-refractivity contribution is -0.219. The number of ketones is 2. The summed E-state index contributed by atoms with van der Waals surface area (Å²) >= 11 is 0. The number of aromatic nitrogens is 1. The van der Waals surface area contributed by atoms with Gasteiger partial charge in [0.2, 0.25) is 0 Å². The zero-order chi connectivity index (χ0) is 40.0. The number of pyridine rings is 1. The largest absolute Gasteiger partial charge is 0.461 e. The van der Waals surface area contributed by atoms with Gasteiger partial charge >= 0.3 is 12.1 Å². The number of benzene rings is 1. The average molecular weight is 772 g/mol. The Kier molecular flexibility index (Phi) is 11.2. The first-order valence-corrected chi connectivity index (χ1v) is 18.8. The molecule has 7 rings (SSSR count). The van der Waals surface area contributed by atoms with Crippen molar-refractivity contribution in [2.75, 3.05) is 44.8 Å². The molecule has 1 aromatic carbocycles. The maximum Gasteiger partial charge on any atom is 0.416 e. The van der Waals surface area contributed by atoms with E-state index in [1.165, 1.54) is 43.5 Å². The van der Waals surface area contributed by atoms with Crippen molar-refractivity contribution in [1.82, 2.24) is 9.88 Å². The summed E-state index contributed by atoms with van der Waals surface area (Å²) < 4.78 is 66.1. The van der Waals surface area contributed by atoms with E-state index in [2.05, 4.69) is 15.2 Å². The SMILES string of the molecule is CC(=O)[C@@]1(O)CC[C@H]2[C@@H]3C[C@H](C)C4=CC(=O)C=C[C@]4(C)[C@@]3(F)[C@@H](O)C[C@@]21C.O=C(OCCN1CCOCC1)c1cccnc1Nc1cccc(C(F)(F)F)c1. The van der Waals surface area contributed by atoms with Crippen LogP contribution in [-0.4, -0.2) is 94.5 Å². The van der Waals surface area contributed by atoms with Gasteiger partial charge in [-0.3, -0.25) is 14.5 Å². The summed E-state index contributed by atoms with van der Waals surface area (Å²) in [6, 6.07) is 7.77. The second-order valence-corrected chi connectivity index (χ2v) is 15.9. The topological polar surface area (TPSA) is 138 Å². The minimum Gasteiger partial charge on any atom is -0.461 e. The second-order valence-electron chi connectivity index (χ2n) is 15.9. The summed E-state index contributed by atoms with van der Waals surface area (Å²) in [6.07, 6.45) is 1.67. The number of hydrogen-bond donors (Lipinski definition) is 3. The molecule has 3 N–H and O–H groups in total. The van der Waals surface area contributed by atoms with E-state index < -0.39 is 51.8 Å². The van der Waals surface area contributed by atoms with Gasteiger partial charge in [-0.15, -0.1) is 0 Å². The van der Waals surface area contributed by atoms with Crippen LogP contribution >= 0.6 is 0 Å². The summed E-state index contributed by atoms with van der Waals surface area (Å²) in [5, 5.41) is 25.0. The quantitative estimate of drug-likeness (QED) is 0.219. The van der Waals surface area contributed by atoms with Crippen molar-refractivity contribution in [2.45, 2.75) is 76.9 Å². The minimum absolute atomic E-state index is 0.00153. The fourth-order valence-corrected chi connectivity index (χ4v) is 9.93. The molecule has 8 atom stereocenters. The maximum absolute atomic E-state index is 16.9. The Labute approximate surface area is 318 Å². The molecule has 4 fully saturated rings. The molecule has 55 heavy (non-hydrogen) atoms. The number of rotatable bonds is 7. The number of fused-ring (bicyclic) bond motifs is 5. The Morgan fingerprint density at radius 3 is 2.55 bits per heavy atom. The van der Waals surface area contributed by atoms with Crippen LogP contribution in [0.4, 0.5) is 29.1 Å². The number of anilines is 2. The lowest BCUT2D eigenvalue weighted by Crippen LogP contribution is -2.69. The van der Waals surface area contributed by atoms with Crippen LogP contribution in [0.25, 0.3) is 0 Å². The van der Waals surface area contributed by atoms with Gasteiger partial charge in [-0.2, -0.15) is 13.2 Å². The van der Waals surface area contributed by atoms with Gasteiger partial charge in [-0.25, -0.2) is 14.2 Å². The van der Waals surface area contributed by atoms with Crippen molar-refractivity contribution >= 4 is 29.0 Å². The van der Waals surface area contributed by atoms with E-state index >= 15 is 4.39 Å². The van der Waals surface area contributed by atoms with Crippen LogP contribution in [0, 0.1) is 28.6 Å². The number of carbonyl (C=O) groups is 3. The van der Waals surface area contributed by atoms with E-state index in [9.17, 15) is 37.8 Å². The predicted molar refractivity (Wildman–Crippen MR) is 195 cm³/mol. The number of ether oxygens (including phenoxy) is 2. The molecule has 0 unspecified atom stereocenters. The summed E-state index contributed by atoms with van der Waals surface area (Å²) in [5.41, 5.74) is -5.05. The number of allylic oxidation sites excluding steroid dienone is 4. The molecule has 0 radical (unpaired) electrons. The summed E-state index contributed by atoms with van der Waals surface area (Å²) in [5.74, 6) is -1.56. The lowest BCUT2D eigenvalue weighted by atomic mass is 9.43. The molecule has 298 valence electrons. The molecule has 10 nitrogen and oxygen atoms in total. The van der Waals surface area contributed by atoms with Gasteiger partial charge in [0.15, 0.2) is 17.2 Å². The molecule has 0 amide bonds. The Morgan fingerprint density at radius 2 is 1.85 bits per heavy atom. The van der Waals surface area contributed by atoms with Crippen LogP contribution in [0.1, 0.15) is 69.3 Å². The van der Waals surface area contributed by atoms with Gasteiger partial charge in [0.25, 0.3) is 0 Å². The summed E-state index contributed by atoms with van der Waals surface area (Å²) in [4.78, 5) is 42.8. The number of morpholine rings is 1. The number of alkyl halides is 4. The molecule has 3 saturated carbocycles. The van der Waals surface area contributed by atoms with E-state index in [4.69, 9.17) is 9.47 Å². The fourth-order valence-electron chi connectivity index (χ4n) is 9.93. The van der Waals surface area contributed by atoms with Crippen LogP contribution in [-0.2, 0) is 25.2 Å². The molecule has 4 aliphatic carbocycles. The number of hydrogen-bond acceptors (Lipinski definition) is 10.